The maximum Gasteiger partial charge on any atom is 0.333 e. The van der Waals surface area contributed by atoms with Crippen LogP contribution in [0.2, 0.25) is 0 Å². The van der Waals surface area contributed by atoms with Crippen molar-refractivity contribution in [2.24, 2.45) is 0 Å². The van der Waals surface area contributed by atoms with Gasteiger partial charge in [-0.25, -0.2) is 4.79 Å². The number of carbonyl (C=O) groups excluding carboxylic acids is 2. The summed E-state index contributed by atoms with van der Waals surface area (Å²) in [6, 6.07) is 18.8. The average molecular weight is 536 g/mol. The Hall–Kier alpha value is -2.62. The molecule has 1 atom stereocenters. The van der Waals surface area contributed by atoms with E-state index in [0.717, 1.165) is 36.8 Å². The highest BCUT2D eigenvalue weighted by atomic mass is 16.5. The van der Waals surface area contributed by atoms with E-state index in [1.807, 2.05) is 60.7 Å². The number of unbranched alkanes of at least 4 members (excludes halogenated alkanes) is 13. The van der Waals surface area contributed by atoms with Gasteiger partial charge in [0.25, 0.3) is 0 Å². The van der Waals surface area contributed by atoms with E-state index in [9.17, 15) is 9.59 Å². The van der Waals surface area contributed by atoms with Crippen LogP contribution in [-0.4, -0.2) is 23.4 Å². The van der Waals surface area contributed by atoms with Crippen LogP contribution in [0.25, 0.3) is 0 Å². The molecule has 0 spiro atoms. The van der Waals surface area contributed by atoms with Crippen LogP contribution >= 0.6 is 0 Å². The van der Waals surface area contributed by atoms with Crippen molar-refractivity contribution in [3.63, 3.8) is 0 Å². The number of hydrogen-bond donors (Lipinski definition) is 0. The number of amides is 1. The van der Waals surface area contributed by atoms with E-state index in [1.54, 1.807) is 4.90 Å². The molecule has 216 valence electrons. The van der Waals surface area contributed by atoms with Crippen LogP contribution < -0.4 is 0 Å². The van der Waals surface area contributed by atoms with Crippen molar-refractivity contribution in [2.45, 2.75) is 129 Å². The molecule has 0 aliphatic rings. The van der Waals surface area contributed by atoms with Crippen molar-refractivity contribution in [3.05, 3.63) is 71.8 Å². The quantitative estimate of drug-likeness (QED) is 0.111. The second kappa shape index (κ2) is 21.2. The molecule has 4 nitrogen and oxygen atoms in total. The van der Waals surface area contributed by atoms with Crippen LogP contribution in [0.5, 0.6) is 0 Å². The number of nitrogens with zero attached hydrogens (tertiary/aromatic N) is 1. The molecule has 0 aliphatic carbocycles. The zero-order chi connectivity index (χ0) is 28.0. The van der Waals surface area contributed by atoms with Gasteiger partial charge in [-0.15, -0.1) is 0 Å². The first-order valence-electron chi connectivity index (χ1n) is 15.7. The second-order valence-electron chi connectivity index (χ2n) is 10.8. The van der Waals surface area contributed by atoms with Gasteiger partial charge >= 0.3 is 5.97 Å². The first kappa shape index (κ1) is 32.6. The maximum absolute atomic E-state index is 13.6. The van der Waals surface area contributed by atoms with Crippen LogP contribution in [0, 0.1) is 0 Å². The molecule has 0 radical (unpaired) electrons. The van der Waals surface area contributed by atoms with Gasteiger partial charge in [0, 0.05) is 13.0 Å². The van der Waals surface area contributed by atoms with Gasteiger partial charge in [-0.05, 0) is 24.0 Å². The molecule has 0 heterocycles. The molecule has 2 rings (SSSR count). The van der Waals surface area contributed by atoms with Crippen molar-refractivity contribution in [3.8, 4) is 0 Å². The molecular formula is C35H53NO3. The van der Waals surface area contributed by atoms with E-state index < -0.39 is 6.04 Å². The van der Waals surface area contributed by atoms with Gasteiger partial charge in [-0.1, -0.05) is 158 Å². The second-order valence-corrected chi connectivity index (χ2v) is 10.8. The monoisotopic (exact) mass is 535 g/mol. The third-order valence-electron chi connectivity index (χ3n) is 7.40. The zero-order valence-electron chi connectivity index (χ0n) is 24.8. The van der Waals surface area contributed by atoms with Crippen LogP contribution in [-0.2, 0) is 20.9 Å². The molecule has 0 bridgehead atoms. The molecule has 0 aliphatic heterocycles. The van der Waals surface area contributed by atoms with Crippen molar-refractivity contribution in [1.82, 2.24) is 4.90 Å². The SMILES string of the molecule is CCCCCCCCCCCCCCCC(=O)N(Cc1ccccc1)C(C(=O)OCCCC)c1ccccc1. The summed E-state index contributed by atoms with van der Waals surface area (Å²) in [7, 11) is 0. The number of rotatable bonds is 22. The lowest BCUT2D eigenvalue weighted by Gasteiger charge is -2.31. The summed E-state index contributed by atoms with van der Waals surface area (Å²) in [6.07, 6.45) is 18.8. The number of esters is 1. The average Bonchev–Trinajstić information content (AvgIpc) is 2.96. The summed E-state index contributed by atoms with van der Waals surface area (Å²) in [6.45, 7) is 5.11. The highest BCUT2D eigenvalue weighted by molar-refractivity contribution is 5.85. The third kappa shape index (κ3) is 13.8. The minimum absolute atomic E-state index is 0.0169. The fourth-order valence-corrected chi connectivity index (χ4v) is 5.02. The minimum atomic E-state index is -0.738. The molecular weight excluding hydrogens is 482 g/mol. The molecule has 1 amide bonds. The summed E-state index contributed by atoms with van der Waals surface area (Å²) >= 11 is 0. The Morgan fingerprint density at radius 3 is 1.67 bits per heavy atom. The molecule has 39 heavy (non-hydrogen) atoms. The number of carbonyl (C=O) groups is 2. The van der Waals surface area contributed by atoms with E-state index in [2.05, 4.69) is 13.8 Å². The van der Waals surface area contributed by atoms with Crippen LogP contribution in [0.3, 0.4) is 0 Å². The first-order valence-corrected chi connectivity index (χ1v) is 15.7. The number of hydrogen-bond acceptors (Lipinski definition) is 3. The molecule has 1 unspecified atom stereocenters. The lowest BCUT2D eigenvalue weighted by atomic mass is 10.0. The van der Waals surface area contributed by atoms with Crippen LogP contribution in [0.15, 0.2) is 60.7 Å². The Balaban J connectivity index is 1.89. The van der Waals surface area contributed by atoms with Gasteiger partial charge in [0.2, 0.25) is 5.91 Å². The highest BCUT2D eigenvalue weighted by Gasteiger charge is 2.32. The topological polar surface area (TPSA) is 46.6 Å². The molecule has 2 aromatic carbocycles. The Kier molecular flexibility index (Phi) is 17.7. The van der Waals surface area contributed by atoms with E-state index in [0.29, 0.717) is 19.6 Å². The molecule has 2 aromatic rings. The van der Waals surface area contributed by atoms with Crippen molar-refractivity contribution in [1.29, 1.82) is 0 Å². The van der Waals surface area contributed by atoms with Crippen LogP contribution in [0.4, 0.5) is 0 Å². The van der Waals surface area contributed by atoms with Gasteiger partial charge in [0.15, 0.2) is 6.04 Å². The number of ether oxygens (including phenoxy) is 1. The lowest BCUT2D eigenvalue weighted by molar-refractivity contribution is -0.156. The van der Waals surface area contributed by atoms with E-state index >= 15 is 0 Å². The fourth-order valence-electron chi connectivity index (χ4n) is 5.02. The lowest BCUT2D eigenvalue weighted by Crippen LogP contribution is -2.39. The Morgan fingerprint density at radius 1 is 0.641 bits per heavy atom. The predicted octanol–water partition coefficient (Wildman–Crippen LogP) is 9.58. The van der Waals surface area contributed by atoms with Crippen molar-refractivity contribution < 1.29 is 14.3 Å². The summed E-state index contributed by atoms with van der Waals surface area (Å²) in [5, 5.41) is 0. The molecule has 0 fully saturated rings. The first-order chi connectivity index (χ1) is 19.2. The van der Waals surface area contributed by atoms with E-state index in [1.165, 1.54) is 70.6 Å². The summed E-state index contributed by atoms with van der Waals surface area (Å²) < 4.78 is 5.66. The number of benzene rings is 2. The summed E-state index contributed by atoms with van der Waals surface area (Å²) in [4.78, 5) is 28.7. The van der Waals surface area contributed by atoms with Gasteiger partial charge in [0.1, 0.15) is 0 Å². The summed E-state index contributed by atoms with van der Waals surface area (Å²) in [5.41, 5.74) is 1.81. The zero-order valence-corrected chi connectivity index (χ0v) is 24.8. The molecule has 0 saturated carbocycles. The smallest absolute Gasteiger partial charge is 0.333 e. The van der Waals surface area contributed by atoms with Gasteiger partial charge in [-0.3, -0.25) is 4.79 Å². The van der Waals surface area contributed by atoms with Crippen LogP contribution in [0.1, 0.15) is 134 Å². The Bertz CT molecular complexity index is 883. The standard InChI is InChI=1S/C35H53NO3/c1-3-5-7-8-9-10-11-12-13-14-15-16-23-28-33(37)36(30-31-24-19-17-20-25-31)34(32-26-21-18-22-27-32)35(38)39-29-6-4-2/h17-22,24-27,34H,3-16,23,28-30H2,1-2H3. The van der Waals surface area contributed by atoms with E-state index in [4.69, 9.17) is 4.74 Å². The largest absolute Gasteiger partial charge is 0.464 e. The van der Waals surface area contributed by atoms with E-state index in [-0.39, 0.29) is 11.9 Å². The van der Waals surface area contributed by atoms with Gasteiger partial charge in [0.05, 0.1) is 6.61 Å². The molecule has 0 aromatic heterocycles. The highest BCUT2D eigenvalue weighted by Crippen LogP contribution is 2.26. The fraction of sp³-hybridized carbons (Fsp3) is 0.600. The normalized spacial score (nSPS) is 11.7. The Morgan fingerprint density at radius 2 is 1.13 bits per heavy atom. The summed E-state index contributed by atoms with van der Waals surface area (Å²) in [5.74, 6) is -0.326. The molecule has 0 saturated heterocycles. The van der Waals surface area contributed by atoms with Crippen molar-refractivity contribution >= 4 is 11.9 Å². The van der Waals surface area contributed by atoms with Gasteiger partial charge in [-0.2, -0.15) is 0 Å². The molecule has 4 heteroatoms. The Labute approximate surface area is 238 Å². The third-order valence-corrected chi connectivity index (χ3v) is 7.40. The maximum atomic E-state index is 13.6. The molecule has 0 N–H and O–H groups in total. The minimum Gasteiger partial charge on any atom is -0.464 e. The van der Waals surface area contributed by atoms with Gasteiger partial charge < -0.3 is 9.64 Å². The van der Waals surface area contributed by atoms with Crippen molar-refractivity contribution in [2.75, 3.05) is 6.61 Å². The predicted molar refractivity (Wildman–Crippen MR) is 162 cm³/mol.